The normalized spacial score (nSPS) is 9.47. The van der Waals surface area contributed by atoms with Crippen LogP contribution in [0.1, 0.15) is 37.3 Å². The molecule has 80 valence electrons. The van der Waals surface area contributed by atoms with Gasteiger partial charge in [-0.05, 0) is 30.5 Å². The van der Waals surface area contributed by atoms with Crippen molar-refractivity contribution >= 4 is 0 Å². The van der Waals surface area contributed by atoms with E-state index >= 15 is 0 Å². The van der Waals surface area contributed by atoms with Crippen LogP contribution >= 0.6 is 0 Å². The third kappa shape index (κ3) is 4.67. The van der Waals surface area contributed by atoms with Crippen molar-refractivity contribution in [1.82, 2.24) is 0 Å². The Morgan fingerprint density at radius 1 is 1.20 bits per heavy atom. The van der Waals surface area contributed by atoms with Gasteiger partial charge in [0.15, 0.2) is 0 Å². The summed E-state index contributed by atoms with van der Waals surface area (Å²) >= 11 is 0. The van der Waals surface area contributed by atoms with Crippen LogP contribution in [0.4, 0.5) is 0 Å². The minimum atomic E-state index is 0.226. The maximum atomic E-state index is 8.59. The Balaban J connectivity index is 2.51. The van der Waals surface area contributed by atoms with Gasteiger partial charge >= 0.3 is 0 Å². The summed E-state index contributed by atoms with van der Waals surface area (Å²) in [7, 11) is 0. The van der Waals surface area contributed by atoms with Crippen molar-refractivity contribution < 1.29 is 5.11 Å². The van der Waals surface area contributed by atoms with Crippen molar-refractivity contribution in [3.8, 4) is 11.8 Å². The number of hydrogen-bond donors (Lipinski definition) is 1. The quantitative estimate of drug-likeness (QED) is 0.588. The summed E-state index contributed by atoms with van der Waals surface area (Å²) in [5, 5.41) is 8.59. The van der Waals surface area contributed by atoms with Crippen LogP contribution < -0.4 is 0 Å². The van der Waals surface area contributed by atoms with E-state index in [1.807, 2.05) is 0 Å². The minimum Gasteiger partial charge on any atom is -0.396 e. The summed E-state index contributed by atoms with van der Waals surface area (Å²) < 4.78 is 0. The number of aliphatic hydroxyl groups excluding tert-OH is 1. The fraction of sp³-hybridized carbons (Fsp3) is 0.429. The monoisotopic (exact) mass is 202 g/mol. The Kier molecular flexibility index (Phi) is 5.58. The zero-order valence-corrected chi connectivity index (χ0v) is 9.29. The largest absolute Gasteiger partial charge is 0.396 e. The molecule has 15 heavy (non-hydrogen) atoms. The molecule has 0 amide bonds. The van der Waals surface area contributed by atoms with Crippen molar-refractivity contribution in [2.24, 2.45) is 0 Å². The number of benzene rings is 1. The van der Waals surface area contributed by atoms with E-state index in [0.717, 1.165) is 24.8 Å². The van der Waals surface area contributed by atoms with E-state index in [2.05, 4.69) is 43.0 Å². The molecule has 0 spiro atoms. The smallest absolute Gasteiger partial charge is 0.0440 e. The minimum absolute atomic E-state index is 0.226. The van der Waals surface area contributed by atoms with Gasteiger partial charge < -0.3 is 5.11 Å². The van der Waals surface area contributed by atoms with Crippen LogP contribution in [0.5, 0.6) is 0 Å². The highest BCUT2D eigenvalue weighted by Gasteiger charge is 1.90. The molecule has 1 heteroatoms. The van der Waals surface area contributed by atoms with Gasteiger partial charge in [-0.1, -0.05) is 37.3 Å². The summed E-state index contributed by atoms with van der Waals surface area (Å²) in [5.41, 5.74) is 2.44. The standard InChI is InChI=1S/C14H18O/c1-2-6-13-8-10-14(11-9-13)7-4-3-5-12-15/h8-11,15H,2-3,5-6,12H2,1H3. The van der Waals surface area contributed by atoms with E-state index in [0.29, 0.717) is 0 Å². The molecule has 0 aliphatic carbocycles. The van der Waals surface area contributed by atoms with Gasteiger partial charge in [0.1, 0.15) is 0 Å². The van der Waals surface area contributed by atoms with Crippen LogP contribution in [0.25, 0.3) is 0 Å². The third-order valence-electron chi connectivity index (χ3n) is 2.19. The summed E-state index contributed by atoms with van der Waals surface area (Å²) in [6.45, 7) is 2.41. The van der Waals surface area contributed by atoms with Gasteiger partial charge in [-0.2, -0.15) is 0 Å². The van der Waals surface area contributed by atoms with E-state index < -0.39 is 0 Å². The van der Waals surface area contributed by atoms with Crippen LogP contribution in [-0.4, -0.2) is 11.7 Å². The molecule has 0 aliphatic heterocycles. The highest BCUT2D eigenvalue weighted by molar-refractivity contribution is 5.36. The first-order valence-electron chi connectivity index (χ1n) is 5.55. The second kappa shape index (κ2) is 7.09. The second-order valence-corrected chi connectivity index (χ2v) is 3.58. The van der Waals surface area contributed by atoms with Crippen LogP contribution in [0.2, 0.25) is 0 Å². The van der Waals surface area contributed by atoms with Crippen LogP contribution in [-0.2, 0) is 6.42 Å². The van der Waals surface area contributed by atoms with Crippen molar-refractivity contribution in [3.63, 3.8) is 0 Å². The van der Waals surface area contributed by atoms with E-state index in [1.54, 1.807) is 0 Å². The van der Waals surface area contributed by atoms with Gasteiger partial charge in [-0.3, -0.25) is 0 Å². The lowest BCUT2D eigenvalue weighted by Gasteiger charge is -1.97. The predicted molar refractivity (Wildman–Crippen MR) is 63.6 cm³/mol. The lowest BCUT2D eigenvalue weighted by atomic mass is 10.1. The zero-order chi connectivity index (χ0) is 10.9. The Labute approximate surface area is 92.1 Å². The number of aryl methyl sites for hydroxylation is 1. The van der Waals surface area contributed by atoms with E-state index in [4.69, 9.17) is 5.11 Å². The summed E-state index contributed by atoms with van der Waals surface area (Å²) in [4.78, 5) is 0. The Morgan fingerprint density at radius 2 is 1.93 bits per heavy atom. The first-order valence-corrected chi connectivity index (χ1v) is 5.55. The summed E-state index contributed by atoms with van der Waals surface area (Å²) in [5.74, 6) is 6.13. The fourth-order valence-electron chi connectivity index (χ4n) is 1.38. The molecule has 0 bridgehead atoms. The van der Waals surface area contributed by atoms with Gasteiger partial charge in [-0.25, -0.2) is 0 Å². The van der Waals surface area contributed by atoms with Gasteiger partial charge in [0, 0.05) is 18.6 Å². The van der Waals surface area contributed by atoms with Gasteiger partial charge in [0.2, 0.25) is 0 Å². The molecule has 0 saturated heterocycles. The van der Waals surface area contributed by atoms with Gasteiger partial charge in [0.25, 0.3) is 0 Å². The molecule has 0 fully saturated rings. The Morgan fingerprint density at radius 3 is 2.53 bits per heavy atom. The molecule has 0 saturated carbocycles. The molecule has 0 aliphatic rings. The maximum Gasteiger partial charge on any atom is 0.0440 e. The fourth-order valence-corrected chi connectivity index (χ4v) is 1.38. The molecule has 1 aromatic rings. The molecular weight excluding hydrogens is 184 g/mol. The maximum absolute atomic E-state index is 8.59. The highest BCUT2D eigenvalue weighted by atomic mass is 16.2. The molecule has 0 atom stereocenters. The molecule has 0 heterocycles. The van der Waals surface area contributed by atoms with Crippen LogP contribution in [0, 0.1) is 11.8 Å². The van der Waals surface area contributed by atoms with Crippen molar-refractivity contribution in [2.75, 3.05) is 6.61 Å². The molecule has 0 radical (unpaired) electrons. The highest BCUT2D eigenvalue weighted by Crippen LogP contribution is 2.05. The number of rotatable bonds is 4. The molecule has 1 aromatic carbocycles. The van der Waals surface area contributed by atoms with E-state index in [-0.39, 0.29) is 6.61 Å². The van der Waals surface area contributed by atoms with Crippen LogP contribution in [0.15, 0.2) is 24.3 Å². The van der Waals surface area contributed by atoms with Gasteiger partial charge in [0.05, 0.1) is 0 Å². The topological polar surface area (TPSA) is 20.2 Å². The molecule has 1 rings (SSSR count). The number of hydrogen-bond acceptors (Lipinski definition) is 1. The first-order chi connectivity index (χ1) is 7.36. The first kappa shape index (κ1) is 11.8. The zero-order valence-electron chi connectivity index (χ0n) is 9.29. The SMILES string of the molecule is CCCc1ccc(C#CCCCO)cc1. The lowest BCUT2D eigenvalue weighted by molar-refractivity contribution is 0.290. The van der Waals surface area contributed by atoms with Crippen molar-refractivity contribution in [1.29, 1.82) is 0 Å². The van der Waals surface area contributed by atoms with Crippen LogP contribution in [0.3, 0.4) is 0 Å². The molecule has 0 unspecified atom stereocenters. The molecule has 1 nitrogen and oxygen atoms in total. The number of aliphatic hydroxyl groups is 1. The number of unbranched alkanes of at least 4 members (excludes halogenated alkanes) is 1. The molecule has 1 N–H and O–H groups in total. The second-order valence-electron chi connectivity index (χ2n) is 3.58. The van der Waals surface area contributed by atoms with E-state index in [1.165, 1.54) is 12.0 Å². The molecule has 0 aromatic heterocycles. The van der Waals surface area contributed by atoms with Gasteiger partial charge in [-0.15, -0.1) is 0 Å². The molecular formula is C14H18O. The third-order valence-corrected chi connectivity index (χ3v) is 2.19. The summed E-state index contributed by atoms with van der Waals surface area (Å²) in [6, 6.07) is 8.41. The average molecular weight is 202 g/mol. The lowest BCUT2D eigenvalue weighted by Crippen LogP contribution is -1.83. The average Bonchev–Trinajstić information content (AvgIpc) is 2.27. The van der Waals surface area contributed by atoms with Crippen molar-refractivity contribution in [2.45, 2.75) is 32.6 Å². The Hall–Kier alpha value is -1.26. The van der Waals surface area contributed by atoms with Crippen molar-refractivity contribution in [3.05, 3.63) is 35.4 Å². The Bertz CT molecular complexity index is 327. The van der Waals surface area contributed by atoms with E-state index in [9.17, 15) is 0 Å². The summed E-state index contributed by atoms with van der Waals surface area (Å²) in [6.07, 6.45) is 3.86. The predicted octanol–water partition coefficient (Wildman–Crippen LogP) is 2.76.